The molecule has 0 spiro atoms. The van der Waals surface area contributed by atoms with Gasteiger partial charge in [0.2, 0.25) is 0 Å². The molecule has 0 aliphatic rings. The topological polar surface area (TPSA) is 43.1 Å². The highest BCUT2D eigenvalue weighted by Crippen LogP contribution is 2.12. The van der Waals surface area contributed by atoms with E-state index in [2.05, 4.69) is 0 Å². The molecule has 0 radical (unpaired) electrons. The summed E-state index contributed by atoms with van der Waals surface area (Å²) in [5.74, 6) is 0. The average Bonchev–Trinajstić information content (AvgIpc) is 1.94. The Balaban J connectivity index is 3.15. The fourth-order valence-electron chi connectivity index (χ4n) is 0.742. The molecular formula is C6H5BClNO2. The maximum absolute atomic E-state index is 10.2. The molecule has 1 aromatic rings. The lowest BCUT2D eigenvalue weighted by atomic mass is 9.96. The molecule has 1 aromatic carbocycles. The van der Waals surface area contributed by atoms with Crippen molar-refractivity contribution in [3.8, 4) is 0 Å². The van der Waals surface area contributed by atoms with Crippen LogP contribution in [-0.2, 0) is 0 Å². The zero-order valence-electron chi connectivity index (χ0n) is 5.87. The van der Waals surface area contributed by atoms with E-state index in [0.717, 1.165) is 5.46 Å². The first kappa shape index (κ1) is 8.08. The summed E-state index contributed by atoms with van der Waals surface area (Å²) < 4.78 is 0. The van der Waals surface area contributed by atoms with Crippen LogP contribution in [0.15, 0.2) is 18.2 Å². The summed E-state index contributed by atoms with van der Waals surface area (Å²) in [7, 11) is 1.73. The van der Waals surface area contributed by atoms with Crippen molar-refractivity contribution < 1.29 is 4.92 Å². The van der Waals surface area contributed by atoms with Gasteiger partial charge in [-0.15, -0.1) is 0 Å². The molecule has 0 aliphatic carbocycles. The third kappa shape index (κ3) is 1.71. The number of hydrogen-bond acceptors (Lipinski definition) is 2. The van der Waals surface area contributed by atoms with Crippen molar-refractivity contribution in [1.82, 2.24) is 0 Å². The summed E-state index contributed by atoms with van der Waals surface area (Å²) in [4.78, 5) is 9.79. The minimum absolute atomic E-state index is 0.0758. The molecule has 11 heavy (non-hydrogen) atoms. The van der Waals surface area contributed by atoms with Crippen molar-refractivity contribution in [3.63, 3.8) is 0 Å². The third-order valence-electron chi connectivity index (χ3n) is 1.35. The first-order valence-electron chi connectivity index (χ1n) is 3.02. The van der Waals surface area contributed by atoms with Gasteiger partial charge in [-0.1, -0.05) is 17.1 Å². The highest BCUT2D eigenvalue weighted by Gasteiger charge is 2.05. The van der Waals surface area contributed by atoms with Crippen LogP contribution in [0.4, 0.5) is 5.69 Å². The molecule has 0 fully saturated rings. The predicted molar refractivity (Wildman–Crippen MR) is 46.3 cm³/mol. The molecule has 1 rings (SSSR count). The van der Waals surface area contributed by atoms with E-state index in [1.807, 2.05) is 0 Å². The van der Waals surface area contributed by atoms with E-state index in [9.17, 15) is 10.1 Å². The molecule has 0 heterocycles. The fraction of sp³-hybridized carbons (Fsp3) is 0. The van der Waals surface area contributed by atoms with E-state index >= 15 is 0 Å². The van der Waals surface area contributed by atoms with Gasteiger partial charge in [0, 0.05) is 17.2 Å². The van der Waals surface area contributed by atoms with Crippen molar-refractivity contribution in [3.05, 3.63) is 33.3 Å². The van der Waals surface area contributed by atoms with E-state index in [-0.39, 0.29) is 5.69 Å². The van der Waals surface area contributed by atoms with Crippen LogP contribution in [0.5, 0.6) is 0 Å². The van der Waals surface area contributed by atoms with Crippen LogP contribution in [-0.4, -0.2) is 12.8 Å². The summed E-state index contributed by atoms with van der Waals surface area (Å²) in [5.41, 5.74) is 0.799. The summed E-state index contributed by atoms with van der Waals surface area (Å²) in [6.45, 7) is 0. The van der Waals surface area contributed by atoms with Crippen LogP contribution in [0.25, 0.3) is 0 Å². The Morgan fingerprint density at radius 2 is 2.18 bits per heavy atom. The Hall–Kier alpha value is -1.03. The number of benzene rings is 1. The third-order valence-corrected chi connectivity index (χ3v) is 1.78. The van der Waals surface area contributed by atoms with Gasteiger partial charge >= 0.3 is 0 Å². The van der Waals surface area contributed by atoms with Crippen molar-refractivity contribution in [1.29, 1.82) is 0 Å². The van der Waals surface area contributed by atoms with Gasteiger partial charge in [0.25, 0.3) is 5.69 Å². The molecule has 0 amide bonds. The smallest absolute Gasteiger partial charge is 0.258 e. The summed E-state index contributed by atoms with van der Waals surface area (Å²) in [6, 6.07) is 4.35. The molecule has 0 saturated carbocycles. The molecule has 0 saturated heterocycles. The van der Waals surface area contributed by atoms with E-state index in [1.54, 1.807) is 7.85 Å². The summed E-state index contributed by atoms with van der Waals surface area (Å²) >= 11 is 5.66. The minimum atomic E-state index is -0.441. The molecule has 5 heteroatoms. The number of non-ortho nitro benzene ring substituents is 1. The monoisotopic (exact) mass is 169 g/mol. The number of halogens is 1. The van der Waals surface area contributed by atoms with Gasteiger partial charge in [0.15, 0.2) is 0 Å². The Bertz CT molecular complexity index is 303. The summed E-state index contributed by atoms with van der Waals surface area (Å²) in [5, 5.41) is 10.8. The van der Waals surface area contributed by atoms with Crippen molar-refractivity contribution in [2.45, 2.75) is 0 Å². The van der Waals surface area contributed by atoms with E-state index in [1.165, 1.54) is 18.2 Å². The Kier molecular flexibility index (Phi) is 2.15. The van der Waals surface area contributed by atoms with Crippen LogP contribution in [0, 0.1) is 10.1 Å². The SMILES string of the molecule is Bc1cc([N+](=O)[O-])ccc1Cl. The molecule has 3 nitrogen and oxygen atoms in total. The molecular weight excluding hydrogens is 164 g/mol. The van der Waals surface area contributed by atoms with Crippen molar-refractivity contribution in [2.24, 2.45) is 0 Å². The van der Waals surface area contributed by atoms with Gasteiger partial charge in [0.1, 0.15) is 7.85 Å². The maximum Gasteiger partial charge on any atom is 0.268 e. The van der Waals surface area contributed by atoms with Gasteiger partial charge < -0.3 is 0 Å². The van der Waals surface area contributed by atoms with Crippen LogP contribution in [0.1, 0.15) is 0 Å². The normalized spacial score (nSPS) is 9.55. The zero-order chi connectivity index (χ0) is 8.43. The number of nitro groups is 1. The van der Waals surface area contributed by atoms with Crippen LogP contribution in [0.3, 0.4) is 0 Å². The minimum Gasteiger partial charge on any atom is -0.258 e. The van der Waals surface area contributed by atoms with Gasteiger partial charge in [-0.05, 0) is 6.07 Å². The molecule has 0 N–H and O–H groups in total. The lowest BCUT2D eigenvalue weighted by Gasteiger charge is -1.95. The molecule has 0 aromatic heterocycles. The number of hydrogen-bond donors (Lipinski definition) is 0. The van der Waals surface area contributed by atoms with Gasteiger partial charge in [-0.25, -0.2) is 0 Å². The Morgan fingerprint density at radius 1 is 1.55 bits per heavy atom. The maximum atomic E-state index is 10.2. The number of nitrogens with zero attached hydrogens (tertiary/aromatic N) is 1. The molecule has 0 bridgehead atoms. The first-order chi connectivity index (χ1) is 5.11. The van der Waals surface area contributed by atoms with Crippen molar-refractivity contribution >= 4 is 30.6 Å². The van der Waals surface area contributed by atoms with Crippen LogP contribution < -0.4 is 5.46 Å². The Morgan fingerprint density at radius 3 is 2.64 bits per heavy atom. The standard InChI is InChI=1S/C6H5BClNO2/c7-5-3-4(9(10)11)1-2-6(5)8/h1-3H,7H2. The van der Waals surface area contributed by atoms with E-state index in [0.29, 0.717) is 5.02 Å². The first-order valence-corrected chi connectivity index (χ1v) is 3.39. The van der Waals surface area contributed by atoms with Gasteiger partial charge in [0.05, 0.1) is 4.92 Å². The lowest BCUT2D eigenvalue weighted by Crippen LogP contribution is -2.04. The average molecular weight is 169 g/mol. The van der Waals surface area contributed by atoms with Gasteiger partial charge in [-0.3, -0.25) is 10.1 Å². The molecule has 0 aliphatic heterocycles. The molecule has 0 atom stereocenters. The van der Waals surface area contributed by atoms with Gasteiger partial charge in [-0.2, -0.15) is 0 Å². The van der Waals surface area contributed by atoms with Crippen LogP contribution in [0.2, 0.25) is 5.02 Å². The second-order valence-electron chi connectivity index (χ2n) is 2.19. The molecule has 56 valence electrons. The fourth-order valence-corrected chi connectivity index (χ4v) is 0.860. The quantitative estimate of drug-likeness (QED) is 0.349. The van der Waals surface area contributed by atoms with E-state index < -0.39 is 4.92 Å². The second-order valence-corrected chi connectivity index (χ2v) is 2.60. The predicted octanol–water partition coefficient (Wildman–Crippen LogP) is 0.507. The second kappa shape index (κ2) is 2.92. The Labute approximate surface area is 69.5 Å². The number of nitro benzene ring substituents is 1. The summed E-state index contributed by atoms with van der Waals surface area (Å²) in [6.07, 6.45) is 0. The van der Waals surface area contributed by atoms with E-state index in [4.69, 9.17) is 11.6 Å². The number of rotatable bonds is 1. The highest BCUT2D eigenvalue weighted by molar-refractivity contribution is 6.45. The lowest BCUT2D eigenvalue weighted by molar-refractivity contribution is -0.384. The van der Waals surface area contributed by atoms with Crippen LogP contribution >= 0.6 is 11.6 Å². The largest absolute Gasteiger partial charge is 0.268 e. The van der Waals surface area contributed by atoms with Crippen molar-refractivity contribution in [2.75, 3.05) is 0 Å². The molecule has 0 unspecified atom stereocenters. The highest BCUT2D eigenvalue weighted by atomic mass is 35.5. The zero-order valence-corrected chi connectivity index (χ0v) is 6.63.